The molecule has 1 unspecified atom stereocenters. The molecule has 3 aromatic rings. The van der Waals surface area contributed by atoms with Gasteiger partial charge < -0.3 is 24.8 Å². The average Bonchev–Trinajstić information content (AvgIpc) is 3.40. The Kier molecular flexibility index (Phi) is 8.23. The van der Waals surface area contributed by atoms with Gasteiger partial charge in [-0.05, 0) is 55.9 Å². The molecule has 1 fully saturated rings. The number of rotatable bonds is 6. The number of carbonyl (C=O) groups is 2. The van der Waals surface area contributed by atoms with Crippen molar-refractivity contribution in [1.29, 1.82) is 0 Å². The fourth-order valence-corrected chi connectivity index (χ4v) is 6.25. The number of aromatic nitrogens is 2. The summed E-state index contributed by atoms with van der Waals surface area (Å²) in [5.74, 6) is 0.793. The van der Waals surface area contributed by atoms with Crippen LogP contribution in [0.3, 0.4) is 0 Å². The summed E-state index contributed by atoms with van der Waals surface area (Å²) in [6.45, 7) is 5.42. The Bertz CT molecular complexity index is 1710. The molecule has 6 rings (SSSR count). The van der Waals surface area contributed by atoms with Crippen LogP contribution in [0.2, 0.25) is 0 Å². The van der Waals surface area contributed by atoms with Gasteiger partial charge in [0.15, 0.2) is 0 Å². The number of amides is 3. The molecule has 0 saturated carbocycles. The number of ether oxygens (including phenoxy) is 1. The number of nitrogens with one attached hydrogen (secondary N) is 2. The SMILES string of the molecule is CCN1C(=O)[C@H](NC(=O)N2CCC(n3cc(-c4cccc(OC)c4)[nH]c3=O)CC2)N=C(C2=CC(C)CC=C2)c2ccccc21. The van der Waals surface area contributed by atoms with Crippen molar-refractivity contribution in [3.8, 4) is 17.0 Å². The van der Waals surface area contributed by atoms with Crippen molar-refractivity contribution in [3.63, 3.8) is 0 Å². The van der Waals surface area contributed by atoms with E-state index in [1.165, 1.54) is 0 Å². The molecule has 3 aliphatic rings. The number of urea groups is 1. The quantitative estimate of drug-likeness (QED) is 0.423. The van der Waals surface area contributed by atoms with Gasteiger partial charge >= 0.3 is 11.7 Å². The lowest BCUT2D eigenvalue weighted by atomic mass is 9.91. The van der Waals surface area contributed by atoms with Gasteiger partial charge in [-0.25, -0.2) is 14.6 Å². The van der Waals surface area contributed by atoms with E-state index in [2.05, 4.69) is 29.4 Å². The monoisotopic (exact) mass is 594 g/mol. The second kappa shape index (κ2) is 12.4. The summed E-state index contributed by atoms with van der Waals surface area (Å²) in [5, 5.41) is 2.93. The predicted octanol–water partition coefficient (Wildman–Crippen LogP) is 4.90. The van der Waals surface area contributed by atoms with Gasteiger partial charge in [0.05, 0.1) is 24.2 Å². The highest BCUT2D eigenvalue weighted by Crippen LogP contribution is 2.31. The summed E-state index contributed by atoms with van der Waals surface area (Å²) >= 11 is 0. The highest BCUT2D eigenvalue weighted by atomic mass is 16.5. The summed E-state index contributed by atoms with van der Waals surface area (Å²) < 4.78 is 7.04. The molecule has 2 N–H and O–H groups in total. The van der Waals surface area contributed by atoms with Crippen LogP contribution in [-0.4, -0.2) is 65.0 Å². The number of hydrogen-bond acceptors (Lipinski definition) is 5. The zero-order chi connectivity index (χ0) is 30.8. The molecule has 3 heterocycles. The van der Waals surface area contributed by atoms with Crippen molar-refractivity contribution in [2.75, 3.05) is 31.6 Å². The minimum Gasteiger partial charge on any atom is -0.497 e. The van der Waals surface area contributed by atoms with Crippen LogP contribution < -0.4 is 20.6 Å². The fraction of sp³-hybridized carbons (Fsp3) is 0.353. The van der Waals surface area contributed by atoms with Crippen LogP contribution in [0, 0.1) is 5.92 Å². The van der Waals surface area contributed by atoms with E-state index >= 15 is 0 Å². The molecule has 2 atom stereocenters. The number of allylic oxidation sites excluding steroid dienone is 4. The van der Waals surface area contributed by atoms with Crippen LogP contribution in [0.5, 0.6) is 5.75 Å². The molecule has 0 spiro atoms. The van der Waals surface area contributed by atoms with E-state index in [0.717, 1.165) is 28.8 Å². The third kappa shape index (κ3) is 5.71. The molecule has 2 aromatic carbocycles. The van der Waals surface area contributed by atoms with Crippen LogP contribution in [0.25, 0.3) is 11.3 Å². The van der Waals surface area contributed by atoms with Gasteiger partial charge in [0, 0.05) is 43.0 Å². The molecule has 1 aromatic heterocycles. The van der Waals surface area contributed by atoms with E-state index < -0.39 is 6.17 Å². The van der Waals surface area contributed by atoms with Gasteiger partial charge in [-0.1, -0.05) is 55.5 Å². The molecule has 0 radical (unpaired) electrons. The molecule has 1 saturated heterocycles. The van der Waals surface area contributed by atoms with Crippen LogP contribution in [0.1, 0.15) is 44.7 Å². The van der Waals surface area contributed by atoms with E-state index in [1.54, 1.807) is 21.5 Å². The molecule has 10 heteroatoms. The van der Waals surface area contributed by atoms with E-state index in [1.807, 2.05) is 67.7 Å². The average molecular weight is 595 g/mol. The first-order valence-corrected chi connectivity index (χ1v) is 15.2. The first-order valence-electron chi connectivity index (χ1n) is 15.2. The number of benzene rings is 2. The highest BCUT2D eigenvalue weighted by molar-refractivity contribution is 6.21. The van der Waals surface area contributed by atoms with Crippen molar-refractivity contribution < 1.29 is 14.3 Å². The Morgan fingerprint density at radius 1 is 1.11 bits per heavy atom. The fourth-order valence-electron chi connectivity index (χ4n) is 6.25. The molecule has 10 nitrogen and oxygen atoms in total. The van der Waals surface area contributed by atoms with Gasteiger partial charge in [-0.2, -0.15) is 0 Å². The summed E-state index contributed by atoms with van der Waals surface area (Å²) in [4.78, 5) is 51.4. The number of benzodiazepines with no additional fused rings is 1. The third-order valence-corrected chi connectivity index (χ3v) is 8.60. The predicted molar refractivity (Wildman–Crippen MR) is 171 cm³/mol. The number of methoxy groups -OCH3 is 1. The lowest BCUT2D eigenvalue weighted by molar-refractivity contribution is -0.120. The molecule has 1 aliphatic carbocycles. The number of H-pyrrole nitrogens is 1. The normalized spacial score (nSPS) is 20.5. The summed E-state index contributed by atoms with van der Waals surface area (Å²) in [7, 11) is 1.61. The second-order valence-electron chi connectivity index (χ2n) is 11.5. The van der Waals surface area contributed by atoms with Crippen LogP contribution in [-0.2, 0) is 4.79 Å². The topological polar surface area (TPSA) is 112 Å². The number of fused-ring (bicyclic) bond motifs is 1. The number of aromatic amines is 1. The van der Waals surface area contributed by atoms with Crippen molar-refractivity contribution in [3.05, 3.63) is 94.6 Å². The Labute approximate surface area is 256 Å². The number of carbonyl (C=O) groups excluding carboxylic acids is 2. The molecule has 2 aliphatic heterocycles. The standard InChI is InChI=1S/C34H38N6O4/c1-4-39-29-14-6-5-13-27(29)30(24-11-7-9-22(2)19-24)36-31(32(39)41)37-33(42)38-17-15-25(16-18-38)40-21-28(35-34(40)43)23-10-8-12-26(20-23)44-3/h5-8,10-14,19-22,25,31H,4,9,15-18H2,1-3H3,(H,35,43)(H,37,42)/t22?,31-/m0/s1. The zero-order valence-corrected chi connectivity index (χ0v) is 25.3. The smallest absolute Gasteiger partial charge is 0.326 e. The first-order chi connectivity index (χ1) is 21.4. The summed E-state index contributed by atoms with van der Waals surface area (Å²) in [5.41, 5.74) is 4.71. The van der Waals surface area contributed by atoms with Crippen molar-refractivity contribution >= 4 is 23.3 Å². The lowest BCUT2D eigenvalue weighted by Gasteiger charge is -2.33. The number of imidazole rings is 1. The Morgan fingerprint density at radius 2 is 1.91 bits per heavy atom. The Morgan fingerprint density at radius 3 is 2.66 bits per heavy atom. The second-order valence-corrected chi connectivity index (χ2v) is 11.5. The van der Waals surface area contributed by atoms with Crippen molar-refractivity contribution in [1.82, 2.24) is 19.8 Å². The Hall–Kier alpha value is -4.86. The number of para-hydroxylation sites is 1. The van der Waals surface area contributed by atoms with Crippen LogP contribution in [0.15, 0.2) is 88.3 Å². The number of likely N-dealkylation sites (N-methyl/N-ethyl adjacent to an activating group) is 1. The number of likely N-dealkylation sites (tertiary alicyclic amines) is 1. The maximum absolute atomic E-state index is 13.8. The maximum atomic E-state index is 13.8. The molecule has 0 bridgehead atoms. The number of aliphatic imine (C=N–C) groups is 1. The van der Waals surface area contributed by atoms with Crippen LogP contribution in [0.4, 0.5) is 10.5 Å². The minimum atomic E-state index is -1.06. The van der Waals surface area contributed by atoms with Gasteiger partial charge in [0.25, 0.3) is 5.91 Å². The van der Waals surface area contributed by atoms with E-state index in [-0.39, 0.29) is 23.7 Å². The highest BCUT2D eigenvalue weighted by Gasteiger charge is 2.34. The van der Waals surface area contributed by atoms with Gasteiger partial charge in [0.2, 0.25) is 6.17 Å². The van der Waals surface area contributed by atoms with E-state index in [0.29, 0.717) is 55.5 Å². The number of piperidine rings is 1. The molecule has 228 valence electrons. The van der Waals surface area contributed by atoms with Gasteiger partial charge in [-0.15, -0.1) is 0 Å². The molecular weight excluding hydrogens is 556 g/mol. The zero-order valence-electron chi connectivity index (χ0n) is 25.3. The van der Waals surface area contributed by atoms with Crippen molar-refractivity contribution in [2.45, 2.75) is 45.3 Å². The molecule has 44 heavy (non-hydrogen) atoms. The molecule has 3 amide bonds. The minimum absolute atomic E-state index is 0.0524. The molecular formula is C34H38N6O4. The number of anilines is 1. The van der Waals surface area contributed by atoms with Crippen LogP contribution >= 0.6 is 0 Å². The van der Waals surface area contributed by atoms with E-state index in [4.69, 9.17) is 9.73 Å². The first kappa shape index (κ1) is 29.2. The number of hydrogen-bond donors (Lipinski definition) is 2. The van der Waals surface area contributed by atoms with E-state index in [9.17, 15) is 14.4 Å². The van der Waals surface area contributed by atoms with Gasteiger partial charge in [0.1, 0.15) is 5.75 Å². The van der Waals surface area contributed by atoms with Gasteiger partial charge in [-0.3, -0.25) is 9.36 Å². The third-order valence-electron chi connectivity index (χ3n) is 8.60. The largest absolute Gasteiger partial charge is 0.497 e. The Balaban J connectivity index is 1.19. The number of nitrogens with zero attached hydrogens (tertiary/aromatic N) is 4. The lowest BCUT2D eigenvalue weighted by Crippen LogP contribution is -2.53. The summed E-state index contributed by atoms with van der Waals surface area (Å²) in [6, 6.07) is 14.9. The van der Waals surface area contributed by atoms with Crippen molar-refractivity contribution in [2.24, 2.45) is 10.9 Å². The maximum Gasteiger partial charge on any atom is 0.326 e. The summed E-state index contributed by atoms with van der Waals surface area (Å²) in [6.07, 6.45) is 9.29.